The first-order valence-corrected chi connectivity index (χ1v) is 7.77. The van der Waals surface area contributed by atoms with Crippen LogP contribution in [-0.2, 0) is 0 Å². The van der Waals surface area contributed by atoms with Crippen molar-refractivity contribution in [3.63, 3.8) is 0 Å². The zero-order chi connectivity index (χ0) is 13.4. The fourth-order valence-electron chi connectivity index (χ4n) is 3.60. The Morgan fingerprint density at radius 2 is 2.10 bits per heavy atom. The van der Waals surface area contributed by atoms with Gasteiger partial charge in [-0.05, 0) is 49.8 Å². The van der Waals surface area contributed by atoms with Gasteiger partial charge in [0.25, 0.3) is 0 Å². The minimum absolute atomic E-state index is 0.591. The fraction of sp³-hybridized carbons (Fsp3) is 0.562. The first kappa shape index (κ1) is 12.2. The zero-order valence-corrected chi connectivity index (χ0v) is 11.8. The van der Waals surface area contributed by atoms with E-state index >= 15 is 0 Å². The van der Waals surface area contributed by atoms with Crippen molar-refractivity contribution in [1.82, 2.24) is 10.5 Å². The topological polar surface area (TPSA) is 41.3 Å². The van der Waals surface area contributed by atoms with Gasteiger partial charge in [-0.2, -0.15) is 0 Å². The highest BCUT2D eigenvalue weighted by molar-refractivity contribution is 5.92. The molecule has 0 saturated carbocycles. The minimum atomic E-state index is 0.591. The quantitative estimate of drug-likeness (QED) is 0.912. The first-order valence-electron chi connectivity index (χ1n) is 7.77. The number of rotatable bonds is 2. The van der Waals surface area contributed by atoms with Crippen LogP contribution in [0.15, 0.2) is 22.7 Å². The maximum Gasteiger partial charge on any atom is 0.180 e. The molecule has 0 radical (unpaired) electrons. The molecule has 2 saturated heterocycles. The van der Waals surface area contributed by atoms with Crippen LogP contribution in [0.2, 0.25) is 0 Å². The SMILES string of the molecule is c1cc(C2CCCNC2)c2c(N3CCCC3)noc2c1. The molecule has 0 bridgehead atoms. The molecule has 0 aliphatic carbocycles. The number of anilines is 1. The molecule has 0 amide bonds. The van der Waals surface area contributed by atoms with E-state index in [-0.39, 0.29) is 0 Å². The standard InChI is InChI=1S/C16H21N3O/c1-2-10-19(9-1)16-15-13(12-5-4-8-17-11-12)6-3-7-14(15)20-18-16/h3,6-7,12,17H,1-2,4-5,8-11H2. The van der Waals surface area contributed by atoms with E-state index in [9.17, 15) is 0 Å². The second-order valence-electron chi connectivity index (χ2n) is 5.96. The van der Waals surface area contributed by atoms with Crippen molar-refractivity contribution in [2.45, 2.75) is 31.6 Å². The average molecular weight is 271 g/mol. The molecule has 1 atom stereocenters. The van der Waals surface area contributed by atoms with Crippen molar-refractivity contribution in [3.05, 3.63) is 23.8 Å². The number of hydrogen-bond acceptors (Lipinski definition) is 4. The summed E-state index contributed by atoms with van der Waals surface area (Å²) in [5.41, 5.74) is 2.35. The molecule has 1 unspecified atom stereocenters. The molecule has 1 aromatic carbocycles. The van der Waals surface area contributed by atoms with E-state index in [0.29, 0.717) is 5.92 Å². The summed E-state index contributed by atoms with van der Waals surface area (Å²) in [6, 6.07) is 6.41. The van der Waals surface area contributed by atoms with Crippen LogP contribution < -0.4 is 10.2 Å². The van der Waals surface area contributed by atoms with Crippen molar-refractivity contribution >= 4 is 16.8 Å². The molecule has 4 heteroatoms. The number of nitrogens with one attached hydrogen (secondary N) is 1. The maximum absolute atomic E-state index is 5.58. The third-order valence-electron chi connectivity index (χ3n) is 4.65. The third-order valence-corrected chi connectivity index (χ3v) is 4.65. The lowest BCUT2D eigenvalue weighted by molar-refractivity contribution is 0.455. The van der Waals surface area contributed by atoms with E-state index in [4.69, 9.17) is 4.52 Å². The molecule has 4 rings (SSSR count). The molecule has 2 fully saturated rings. The van der Waals surface area contributed by atoms with Gasteiger partial charge in [-0.1, -0.05) is 17.3 Å². The van der Waals surface area contributed by atoms with Gasteiger partial charge in [-0.25, -0.2) is 0 Å². The van der Waals surface area contributed by atoms with E-state index < -0.39 is 0 Å². The van der Waals surface area contributed by atoms with Gasteiger partial charge in [0.15, 0.2) is 11.4 Å². The Hall–Kier alpha value is -1.55. The summed E-state index contributed by atoms with van der Waals surface area (Å²) < 4.78 is 5.58. The summed E-state index contributed by atoms with van der Waals surface area (Å²) in [6.07, 6.45) is 5.05. The molecule has 2 aliphatic heterocycles. The van der Waals surface area contributed by atoms with E-state index in [1.807, 2.05) is 6.07 Å². The van der Waals surface area contributed by atoms with E-state index in [1.165, 1.54) is 36.6 Å². The van der Waals surface area contributed by atoms with Crippen LogP contribution >= 0.6 is 0 Å². The molecule has 20 heavy (non-hydrogen) atoms. The summed E-state index contributed by atoms with van der Waals surface area (Å²) in [6.45, 7) is 4.44. The lowest BCUT2D eigenvalue weighted by Crippen LogP contribution is -2.28. The summed E-state index contributed by atoms with van der Waals surface area (Å²) in [5, 5.41) is 9.13. The number of benzene rings is 1. The predicted octanol–water partition coefficient (Wildman–Crippen LogP) is 2.90. The van der Waals surface area contributed by atoms with E-state index in [0.717, 1.165) is 37.6 Å². The third kappa shape index (κ3) is 1.99. The number of nitrogens with zero attached hydrogens (tertiary/aromatic N) is 2. The number of hydrogen-bond donors (Lipinski definition) is 1. The second-order valence-corrected chi connectivity index (χ2v) is 5.96. The van der Waals surface area contributed by atoms with Crippen LogP contribution in [0.3, 0.4) is 0 Å². The summed E-state index contributed by atoms with van der Waals surface area (Å²) in [7, 11) is 0. The fourth-order valence-corrected chi connectivity index (χ4v) is 3.60. The number of fused-ring (bicyclic) bond motifs is 1. The Bertz CT molecular complexity index is 595. The Labute approximate surface area is 119 Å². The molecule has 3 heterocycles. The summed E-state index contributed by atoms with van der Waals surface area (Å²) in [4.78, 5) is 2.38. The highest BCUT2D eigenvalue weighted by atomic mass is 16.5. The number of piperidine rings is 1. The van der Waals surface area contributed by atoms with Crippen LogP contribution in [-0.4, -0.2) is 31.3 Å². The van der Waals surface area contributed by atoms with Crippen molar-refractivity contribution < 1.29 is 4.52 Å². The summed E-state index contributed by atoms with van der Waals surface area (Å²) >= 11 is 0. The van der Waals surface area contributed by atoms with Crippen LogP contribution in [0.1, 0.15) is 37.2 Å². The Balaban J connectivity index is 1.80. The minimum Gasteiger partial charge on any atom is -0.354 e. The van der Waals surface area contributed by atoms with Crippen molar-refractivity contribution in [2.75, 3.05) is 31.1 Å². The van der Waals surface area contributed by atoms with Gasteiger partial charge in [0.2, 0.25) is 0 Å². The summed E-state index contributed by atoms with van der Waals surface area (Å²) in [5.74, 6) is 1.66. The number of aromatic nitrogens is 1. The highest BCUT2D eigenvalue weighted by Crippen LogP contribution is 2.36. The first-order chi connectivity index (χ1) is 9.93. The Morgan fingerprint density at radius 1 is 1.20 bits per heavy atom. The van der Waals surface area contributed by atoms with Crippen LogP contribution in [0.5, 0.6) is 0 Å². The van der Waals surface area contributed by atoms with Crippen molar-refractivity contribution in [1.29, 1.82) is 0 Å². The van der Waals surface area contributed by atoms with Gasteiger partial charge in [-0.15, -0.1) is 0 Å². The maximum atomic E-state index is 5.58. The van der Waals surface area contributed by atoms with Crippen LogP contribution in [0.4, 0.5) is 5.82 Å². The van der Waals surface area contributed by atoms with Gasteiger partial charge < -0.3 is 14.7 Å². The molecule has 1 N–H and O–H groups in total. The molecule has 1 aromatic heterocycles. The highest BCUT2D eigenvalue weighted by Gasteiger charge is 2.25. The largest absolute Gasteiger partial charge is 0.354 e. The van der Waals surface area contributed by atoms with Gasteiger partial charge in [0.05, 0.1) is 5.39 Å². The molecule has 2 aliphatic rings. The van der Waals surface area contributed by atoms with Gasteiger partial charge >= 0.3 is 0 Å². The van der Waals surface area contributed by atoms with Gasteiger partial charge in [0, 0.05) is 19.6 Å². The van der Waals surface area contributed by atoms with E-state index in [1.54, 1.807) is 0 Å². The molecule has 4 nitrogen and oxygen atoms in total. The monoisotopic (exact) mass is 271 g/mol. The molecular formula is C16H21N3O. The Kier molecular flexibility index (Phi) is 3.11. The molecule has 2 aromatic rings. The molecular weight excluding hydrogens is 250 g/mol. The van der Waals surface area contributed by atoms with Gasteiger partial charge in [-0.3, -0.25) is 0 Å². The molecule has 0 spiro atoms. The second kappa shape index (κ2) is 5.09. The lowest BCUT2D eigenvalue weighted by atomic mass is 9.89. The van der Waals surface area contributed by atoms with Gasteiger partial charge in [0.1, 0.15) is 0 Å². The molecule has 106 valence electrons. The van der Waals surface area contributed by atoms with Crippen LogP contribution in [0, 0.1) is 0 Å². The lowest BCUT2D eigenvalue weighted by Gasteiger charge is -2.24. The van der Waals surface area contributed by atoms with E-state index in [2.05, 4.69) is 27.5 Å². The zero-order valence-electron chi connectivity index (χ0n) is 11.8. The smallest absolute Gasteiger partial charge is 0.180 e. The van der Waals surface area contributed by atoms with Crippen molar-refractivity contribution in [3.8, 4) is 0 Å². The predicted molar refractivity (Wildman–Crippen MR) is 80.3 cm³/mol. The average Bonchev–Trinajstić information content (AvgIpc) is 3.16. The normalized spacial score (nSPS) is 23.6. The van der Waals surface area contributed by atoms with Crippen molar-refractivity contribution in [2.24, 2.45) is 0 Å². The Morgan fingerprint density at radius 3 is 2.90 bits per heavy atom. The van der Waals surface area contributed by atoms with Crippen LogP contribution in [0.25, 0.3) is 11.0 Å².